The van der Waals surface area contributed by atoms with Crippen molar-refractivity contribution in [2.24, 2.45) is 18.7 Å². The largest absolute Gasteiger partial charge is 0.357 e. The molecular weight excluding hydrogens is 248 g/mol. The molecule has 0 aliphatic heterocycles. The predicted molar refractivity (Wildman–Crippen MR) is 85.1 cm³/mol. The number of anilines is 1. The van der Waals surface area contributed by atoms with Crippen molar-refractivity contribution in [3.05, 3.63) is 11.3 Å². The molecule has 4 heteroatoms. The third-order valence-corrected chi connectivity index (χ3v) is 4.63. The lowest BCUT2D eigenvalue weighted by molar-refractivity contribution is 0.334. The van der Waals surface area contributed by atoms with Gasteiger partial charge in [-0.2, -0.15) is 5.10 Å². The first-order chi connectivity index (χ1) is 9.40. The van der Waals surface area contributed by atoms with E-state index in [9.17, 15) is 0 Å². The summed E-state index contributed by atoms with van der Waals surface area (Å²) in [6, 6.07) is 0.815. The van der Waals surface area contributed by atoms with Crippen molar-refractivity contribution >= 4 is 5.82 Å². The second kappa shape index (κ2) is 6.17. The molecule has 0 radical (unpaired) electrons. The Morgan fingerprint density at radius 2 is 2.15 bits per heavy atom. The van der Waals surface area contributed by atoms with E-state index in [1.807, 2.05) is 4.68 Å². The van der Waals surface area contributed by atoms with Crippen LogP contribution in [0.4, 0.5) is 5.82 Å². The van der Waals surface area contributed by atoms with Crippen molar-refractivity contribution in [3.8, 4) is 0 Å². The van der Waals surface area contributed by atoms with Gasteiger partial charge in [-0.3, -0.25) is 4.68 Å². The van der Waals surface area contributed by atoms with E-state index >= 15 is 0 Å². The van der Waals surface area contributed by atoms with E-state index in [1.54, 1.807) is 0 Å². The van der Waals surface area contributed by atoms with E-state index < -0.39 is 0 Å². The zero-order chi connectivity index (χ0) is 14.9. The minimum absolute atomic E-state index is 0.176. The van der Waals surface area contributed by atoms with Crippen LogP contribution in [0.3, 0.4) is 0 Å². The van der Waals surface area contributed by atoms with Gasteiger partial charge in [0.05, 0.1) is 5.69 Å². The summed E-state index contributed by atoms with van der Waals surface area (Å²) >= 11 is 0. The minimum atomic E-state index is 0.176. The van der Waals surface area contributed by atoms with Crippen LogP contribution in [0.1, 0.15) is 50.8 Å². The maximum absolute atomic E-state index is 6.02. The summed E-state index contributed by atoms with van der Waals surface area (Å²) in [7, 11) is 4.28. The normalized spacial score (nSPS) is 24.7. The lowest BCUT2D eigenvalue weighted by Gasteiger charge is -2.36. The van der Waals surface area contributed by atoms with Gasteiger partial charge in [0.1, 0.15) is 5.82 Å². The Balaban J connectivity index is 2.26. The molecule has 1 aromatic rings. The van der Waals surface area contributed by atoms with Crippen LogP contribution < -0.4 is 10.6 Å². The van der Waals surface area contributed by atoms with Crippen molar-refractivity contribution < 1.29 is 0 Å². The SMILES string of the molecule is Cc1nn(C)c(N(C)C2CCCC(C)C2)c1CC(C)N. The number of aromatic nitrogens is 2. The van der Waals surface area contributed by atoms with Gasteiger partial charge in [0.25, 0.3) is 0 Å². The molecule has 1 saturated carbocycles. The Morgan fingerprint density at radius 3 is 2.75 bits per heavy atom. The first kappa shape index (κ1) is 15.4. The van der Waals surface area contributed by atoms with Gasteiger partial charge in [-0.05, 0) is 39.0 Å². The van der Waals surface area contributed by atoms with E-state index in [4.69, 9.17) is 5.73 Å². The first-order valence-corrected chi connectivity index (χ1v) is 7.91. The highest BCUT2D eigenvalue weighted by Crippen LogP contribution is 2.32. The zero-order valence-corrected chi connectivity index (χ0v) is 13.7. The van der Waals surface area contributed by atoms with Crippen molar-refractivity contribution in [1.82, 2.24) is 9.78 Å². The molecule has 3 atom stereocenters. The monoisotopic (exact) mass is 278 g/mol. The van der Waals surface area contributed by atoms with Crippen LogP contribution in [-0.2, 0) is 13.5 Å². The average molecular weight is 278 g/mol. The van der Waals surface area contributed by atoms with Crippen LogP contribution in [0.5, 0.6) is 0 Å². The van der Waals surface area contributed by atoms with Gasteiger partial charge in [0, 0.05) is 31.7 Å². The number of rotatable bonds is 4. The quantitative estimate of drug-likeness (QED) is 0.921. The molecule has 0 bridgehead atoms. The second-order valence-corrected chi connectivity index (χ2v) is 6.73. The van der Waals surface area contributed by atoms with Crippen LogP contribution in [0.2, 0.25) is 0 Å². The summed E-state index contributed by atoms with van der Waals surface area (Å²) in [5.74, 6) is 2.10. The topological polar surface area (TPSA) is 47.1 Å². The highest BCUT2D eigenvalue weighted by molar-refractivity contribution is 5.51. The van der Waals surface area contributed by atoms with Crippen LogP contribution in [0, 0.1) is 12.8 Å². The molecule has 0 saturated heterocycles. The molecule has 20 heavy (non-hydrogen) atoms. The third-order valence-electron chi connectivity index (χ3n) is 4.63. The summed E-state index contributed by atoms with van der Waals surface area (Å²) < 4.78 is 2.03. The smallest absolute Gasteiger partial charge is 0.130 e. The van der Waals surface area contributed by atoms with Crippen LogP contribution >= 0.6 is 0 Å². The number of hydrogen-bond donors (Lipinski definition) is 1. The highest BCUT2D eigenvalue weighted by Gasteiger charge is 2.27. The second-order valence-electron chi connectivity index (χ2n) is 6.73. The van der Waals surface area contributed by atoms with Gasteiger partial charge >= 0.3 is 0 Å². The van der Waals surface area contributed by atoms with Gasteiger partial charge < -0.3 is 10.6 Å². The van der Waals surface area contributed by atoms with Gasteiger partial charge in [0.15, 0.2) is 0 Å². The molecule has 1 aromatic heterocycles. The van der Waals surface area contributed by atoms with Crippen molar-refractivity contribution in [1.29, 1.82) is 0 Å². The standard InChI is InChI=1S/C16H30N4/c1-11-7-6-8-14(9-11)19(4)16-15(10-12(2)17)13(3)18-20(16)5/h11-12,14H,6-10,17H2,1-5H3. The maximum atomic E-state index is 6.02. The minimum Gasteiger partial charge on any atom is -0.357 e. The fourth-order valence-corrected chi connectivity index (χ4v) is 3.62. The van der Waals surface area contributed by atoms with Crippen molar-refractivity contribution in [3.63, 3.8) is 0 Å². The number of hydrogen-bond acceptors (Lipinski definition) is 3. The molecule has 3 unspecified atom stereocenters. The van der Waals surface area contributed by atoms with Gasteiger partial charge in [-0.15, -0.1) is 0 Å². The fourth-order valence-electron chi connectivity index (χ4n) is 3.62. The molecule has 0 aromatic carbocycles. The first-order valence-electron chi connectivity index (χ1n) is 7.91. The summed E-state index contributed by atoms with van der Waals surface area (Å²) in [4.78, 5) is 2.45. The lowest BCUT2D eigenvalue weighted by Crippen LogP contribution is -2.37. The van der Waals surface area contributed by atoms with E-state index in [0.717, 1.165) is 18.0 Å². The Morgan fingerprint density at radius 1 is 1.45 bits per heavy atom. The molecule has 2 N–H and O–H groups in total. The average Bonchev–Trinajstić information content (AvgIpc) is 2.63. The maximum Gasteiger partial charge on any atom is 0.130 e. The van der Waals surface area contributed by atoms with Gasteiger partial charge in [0.2, 0.25) is 0 Å². The summed E-state index contributed by atoms with van der Waals surface area (Å²) in [5.41, 5.74) is 8.46. The predicted octanol–water partition coefficient (Wildman–Crippen LogP) is 2.63. The molecule has 0 spiro atoms. The van der Waals surface area contributed by atoms with E-state index in [1.165, 1.54) is 37.1 Å². The highest BCUT2D eigenvalue weighted by atomic mass is 15.4. The molecule has 4 nitrogen and oxygen atoms in total. The Hall–Kier alpha value is -1.03. The number of aryl methyl sites for hydroxylation is 2. The molecule has 1 aliphatic rings. The molecule has 2 rings (SSSR count). The molecular formula is C16H30N4. The van der Waals surface area contributed by atoms with Crippen LogP contribution in [0.25, 0.3) is 0 Å². The van der Waals surface area contributed by atoms with Crippen LogP contribution in [-0.4, -0.2) is 28.9 Å². The summed E-state index contributed by atoms with van der Waals surface area (Å²) in [6.45, 7) is 6.54. The van der Waals surface area contributed by atoms with Crippen molar-refractivity contribution in [2.75, 3.05) is 11.9 Å². The third kappa shape index (κ3) is 3.17. The number of nitrogens with zero attached hydrogens (tertiary/aromatic N) is 3. The molecule has 1 aliphatic carbocycles. The lowest BCUT2D eigenvalue weighted by atomic mass is 9.86. The molecule has 1 heterocycles. The molecule has 114 valence electrons. The molecule has 1 fully saturated rings. The Bertz CT molecular complexity index is 450. The van der Waals surface area contributed by atoms with E-state index in [2.05, 4.69) is 44.9 Å². The number of nitrogens with two attached hydrogens (primary N) is 1. The van der Waals surface area contributed by atoms with E-state index in [-0.39, 0.29) is 6.04 Å². The van der Waals surface area contributed by atoms with E-state index in [0.29, 0.717) is 6.04 Å². The zero-order valence-electron chi connectivity index (χ0n) is 13.7. The molecule has 0 amide bonds. The van der Waals surface area contributed by atoms with Gasteiger partial charge in [-0.1, -0.05) is 19.8 Å². The fraction of sp³-hybridized carbons (Fsp3) is 0.812. The van der Waals surface area contributed by atoms with Gasteiger partial charge in [-0.25, -0.2) is 0 Å². The Labute approximate surface area is 123 Å². The van der Waals surface area contributed by atoms with Crippen LogP contribution in [0.15, 0.2) is 0 Å². The summed E-state index contributed by atoms with van der Waals surface area (Å²) in [6.07, 6.45) is 6.21. The van der Waals surface area contributed by atoms with Crippen molar-refractivity contribution in [2.45, 2.75) is 65.0 Å². The Kier molecular flexibility index (Phi) is 4.74. The summed E-state index contributed by atoms with van der Waals surface area (Å²) in [5, 5.41) is 4.62.